The summed E-state index contributed by atoms with van der Waals surface area (Å²) in [5, 5.41) is 7.79. The van der Waals surface area contributed by atoms with Crippen molar-refractivity contribution in [3.63, 3.8) is 0 Å². The summed E-state index contributed by atoms with van der Waals surface area (Å²) < 4.78 is 1.87. The van der Waals surface area contributed by atoms with Gasteiger partial charge in [0.15, 0.2) is 5.96 Å². The molecule has 5 nitrogen and oxygen atoms in total. The molecule has 24 heavy (non-hydrogen) atoms. The Morgan fingerprint density at radius 2 is 2.04 bits per heavy atom. The van der Waals surface area contributed by atoms with Crippen LogP contribution < -0.4 is 5.32 Å². The first-order valence-corrected chi connectivity index (χ1v) is 8.42. The zero-order valence-corrected chi connectivity index (χ0v) is 15.2. The van der Waals surface area contributed by atoms with Crippen LogP contribution in [0, 0.1) is 5.41 Å². The van der Waals surface area contributed by atoms with Crippen molar-refractivity contribution >= 4 is 5.96 Å². The van der Waals surface area contributed by atoms with Crippen LogP contribution in [0.25, 0.3) is 5.69 Å². The Bertz CT molecular complexity index is 728. The van der Waals surface area contributed by atoms with Gasteiger partial charge in [-0.1, -0.05) is 26.0 Å². The van der Waals surface area contributed by atoms with E-state index in [0.29, 0.717) is 5.41 Å². The highest BCUT2D eigenvalue weighted by atomic mass is 15.4. The van der Waals surface area contributed by atoms with Crippen LogP contribution in [0.4, 0.5) is 0 Å². The Morgan fingerprint density at radius 3 is 2.62 bits per heavy atom. The van der Waals surface area contributed by atoms with Crippen LogP contribution in [0.15, 0.2) is 47.7 Å². The van der Waals surface area contributed by atoms with Crippen LogP contribution in [0.3, 0.4) is 0 Å². The number of likely N-dealkylation sites (tertiary alicyclic amines) is 1. The molecule has 0 atom stereocenters. The molecule has 5 heteroatoms. The standard InChI is InChI=1S/C19H27N5/c1-18(2)14-23(19(18,3)4)17(20-5)21-13-15-8-6-9-16(12-15)24-11-7-10-22-24/h6-12H,13-14H2,1-5H3,(H,20,21). The summed E-state index contributed by atoms with van der Waals surface area (Å²) in [4.78, 5) is 6.82. The molecule has 0 unspecified atom stereocenters. The molecular weight excluding hydrogens is 298 g/mol. The maximum atomic E-state index is 4.47. The molecule has 1 aliphatic rings. The van der Waals surface area contributed by atoms with E-state index in [9.17, 15) is 0 Å². The Hall–Kier alpha value is -2.30. The molecule has 128 valence electrons. The monoisotopic (exact) mass is 325 g/mol. The van der Waals surface area contributed by atoms with Crippen molar-refractivity contribution in [3.05, 3.63) is 48.3 Å². The van der Waals surface area contributed by atoms with Gasteiger partial charge in [-0.25, -0.2) is 4.68 Å². The molecule has 0 radical (unpaired) electrons. The van der Waals surface area contributed by atoms with Gasteiger partial charge in [-0.05, 0) is 37.6 Å². The van der Waals surface area contributed by atoms with Crippen molar-refractivity contribution < 1.29 is 0 Å². The first-order valence-electron chi connectivity index (χ1n) is 8.42. The van der Waals surface area contributed by atoms with Crippen LogP contribution in [0.5, 0.6) is 0 Å². The second-order valence-corrected chi connectivity index (χ2v) is 7.55. The van der Waals surface area contributed by atoms with Gasteiger partial charge in [-0.15, -0.1) is 0 Å². The lowest BCUT2D eigenvalue weighted by atomic mass is 9.65. The van der Waals surface area contributed by atoms with Crippen LogP contribution >= 0.6 is 0 Å². The van der Waals surface area contributed by atoms with E-state index in [1.807, 2.05) is 24.0 Å². The Kier molecular flexibility index (Phi) is 4.11. The number of nitrogens with zero attached hydrogens (tertiary/aromatic N) is 4. The maximum Gasteiger partial charge on any atom is 0.194 e. The molecule has 1 aromatic heterocycles. The highest BCUT2D eigenvalue weighted by Crippen LogP contribution is 2.46. The molecule has 0 aliphatic carbocycles. The highest BCUT2D eigenvalue weighted by molar-refractivity contribution is 5.82. The number of hydrogen-bond donors (Lipinski definition) is 1. The minimum Gasteiger partial charge on any atom is -0.352 e. The molecule has 0 amide bonds. The van der Waals surface area contributed by atoms with Gasteiger partial charge in [0.05, 0.1) is 5.69 Å². The molecule has 0 saturated carbocycles. The third kappa shape index (κ3) is 2.79. The van der Waals surface area contributed by atoms with Crippen molar-refractivity contribution in [2.45, 2.75) is 39.8 Å². The summed E-state index contributed by atoms with van der Waals surface area (Å²) in [7, 11) is 1.85. The van der Waals surface area contributed by atoms with E-state index in [4.69, 9.17) is 0 Å². The van der Waals surface area contributed by atoms with E-state index < -0.39 is 0 Å². The average Bonchev–Trinajstić information content (AvgIpc) is 3.09. The average molecular weight is 325 g/mol. The van der Waals surface area contributed by atoms with Crippen molar-refractivity contribution in [1.29, 1.82) is 0 Å². The fourth-order valence-corrected chi connectivity index (χ4v) is 3.11. The fraction of sp³-hybridized carbons (Fsp3) is 0.474. The number of guanidine groups is 1. The van der Waals surface area contributed by atoms with Gasteiger partial charge >= 0.3 is 0 Å². The zero-order chi connectivity index (χ0) is 17.4. The summed E-state index contributed by atoms with van der Waals surface area (Å²) in [5.41, 5.74) is 2.68. The summed E-state index contributed by atoms with van der Waals surface area (Å²) in [5.74, 6) is 0.962. The Labute approximate surface area is 144 Å². The Morgan fingerprint density at radius 1 is 1.25 bits per heavy atom. The van der Waals surface area contributed by atoms with E-state index in [-0.39, 0.29) is 5.54 Å². The predicted octanol–water partition coefficient (Wildman–Crippen LogP) is 3.07. The van der Waals surface area contributed by atoms with Crippen LogP contribution in [0.2, 0.25) is 0 Å². The second kappa shape index (κ2) is 5.96. The van der Waals surface area contributed by atoms with Gasteiger partial charge in [0.25, 0.3) is 0 Å². The normalized spacial score (nSPS) is 19.0. The van der Waals surface area contributed by atoms with Crippen LogP contribution in [-0.4, -0.2) is 39.8 Å². The minimum absolute atomic E-state index is 0.103. The van der Waals surface area contributed by atoms with Crippen LogP contribution in [-0.2, 0) is 6.54 Å². The van der Waals surface area contributed by atoms with Gasteiger partial charge in [0.2, 0.25) is 0 Å². The lowest BCUT2D eigenvalue weighted by Crippen LogP contribution is -2.72. The van der Waals surface area contributed by atoms with E-state index in [1.165, 1.54) is 5.56 Å². The molecule has 1 aromatic carbocycles. The first kappa shape index (κ1) is 16.6. The van der Waals surface area contributed by atoms with Gasteiger partial charge < -0.3 is 10.2 Å². The van der Waals surface area contributed by atoms with E-state index in [0.717, 1.165) is 24.7 Å². The lowest BCUT2D eigenvalue weighted by Gasteiger charge is -2.62. The first-order chi connectivity index (χ1) is 11.3. The van der Waals surface area contributed by atoms with Crippen molar-refractivity contribution in [1.82, 2.24) is 20.0 Å². The molecule has 3 rings (SSSR count). The minimum atomic E-state index is 0.103. The second-order valence-electron chi connectivity index (χ2n) is 7.55. The van der Waals surface area contributed by atoms with Crippen molar-refractivity contribution in [3.8, 4) is 5.69 Å². The van der Waals surface area contributed by atoms with E-state index in [1.54, 1.807) is 6.20 Å². The van der Waals surface area contributed by atoms with Crippen molar-refractivity contribution in [2.75, 3.05) is 13.6 Å². The topological polar surface area (TPSA) is 45.5 Å². The maximum absolute atomic E-state index is 4.47. The number of benzene rings is 1. The van der Waals surface area contributed by atoms with Gasteiger partial charge in [-0.2, -0.15) is 5.10 Å². The lowest BCUT2D eigenvalue weighted by molar-refractivity contribution is -0.0667. The van der Waals surface area contributed by atoms with Gasteiger partial charge in [0, 0.05) is 43.5 Å². The van der Waals surface area contributed by atoms with E-state index in [2.05, 4.69) is 72.3 Å². The summed E-state index contributed by atoms with van der Waals surface area (Å²) in [6.45, 7) is 10.9. The molecule has 1 saturated heterocycles. The largest absolute Gasteiger partial charge is 0.352 e. The number of aliphatic imine (C=N–C) groups is 1. The number of rotatable bonds is 3. The molecule has 2 heterocycles. The fourth-order valence-electron chi connectivity index (χ4n) is 3.11. The summed E-state index contributed by atoms with van der Waals surface area (Å²) in [6.07, 6.45) is 3.75. The van der Waals surface area contributed by atoms with Gasteiger partial charge in [0.1, 0.15) is 0 Å². The molecule has 1 fully saturated rings. The number of hydrogen-bond acceptors (Lipinski definition) is 2. The van der Waals surface area contributed by atoms with Crippen LogP contribution in [0.1, 0.15) is 33.3 Å². The SMILES string of the molecule is CN=C(NCc1cccc(-n2cccn2)c1)N1CC(C)(C)C1(C)C. The van der Waals surface area contributed by atoms with Crippen molar-refractivity contribution in [2.24, 2.45) is 10.4 Å². The number of aromatic nitrogens is 2. The molecular formula is C19H27N5. The quantitative estimate of drug-likeness (QED) is 0.697. The smallest absolute Gasteiger partial charge is 0.194 e. The summed E-state index contributed by atoms with van der Waals surface area (Å²) >= 11 is 0. The third-order valence-corrected chi connectivity index (χ3v) is 5.48. The Balaban J connectivity index is 1.68. The molecule has 1 N–H and O–H groups in total. The molecule has 0 spiro atoms. The predicted molar refractivity (Wildman–Crippen MR) is 98.3 cm³/mol. The number of nitrogens with one attached hydrogen (secondary N) is 1. The van der Waals surface area contributed by atoms with E-state index >= 15 is 0 Å². The summed E-state index contributed by atoms with van der Waals surface area (Å²) in [6, 6.07) is 10.3. The zero-order valence-electron chi connectivity index (χ0n) is 15.2. The highest BCUT2D eigenvalue weighted by Gasteiger charge is 2.53. The molecule has 2 aromatic rings. The van der Waals surface area contributed by atoms with Gasteiger partial charge in [-0.3, -0.25) is 4.99 Å². The third-order valence-electron chi connectivity index (χ3n) is 5.48. The molecule has 0 bridgehead atoms. The molecule has 1 aliphatic heterocycles.